The van der Waals surface area contributed by atoms with Gasteiger partial charge in [0, 0.05) is 31.5 Å². The molecule has 1 aromatic rings. The Hall–Kier alpha value is -2.07. The van der Waals surface area contributed by atoms with E-state index in [2.05, 4.69) is 14.9 Å². The first-order chi connectivity index (χ1) is 11.8. The van der Waals surface area contributed by atoms with Gasteiger partial charge in [-0.1, -0.05) is 0 Å². The molecular weight excluding hydrogens is 348 g/mol. The summed E-state index contributed by atoms with van der Waals surface area (Å²) in [5.74, 6) is -0.951. The number of fused-ring (bicyclic) bond motifs is 1. The minimum atomic E-state index is -3.64. The molecule has 1 unspecified atom stereocenters. The summed E-state index contributed by atoms with van der Waals surface area (Å²) in [5.41, 5.74) is 1.20. The molecule has 0 spiro atoms. The third-order valence-electron chi connectivity index (χ3n) is 4.49. The maximum atomic E-state index is 12.3. The first kappa shape index (κ1) is 17.7. The zero-order valence-electron chi connectivity index (χ0n) is 13.7. The van der Waals surface area contributed by atoms with Crippen molar-refractivity contribution >= 4 is 21.8 Å². The van der Waals surface area contributed by atoms with Gasteiger partial charge in [-0.2, -0.15) is 5.10 Å². The average Bonchev–Trinajstić information content (AvgIpc) is 2.53. The van der Waals surface area contributed by atoms with Gasteiger partial charge in [-0.05, 0) is 31.2 Å². The van der Waals surface area contributed by atoms with Crippen molar-refractivity contribution in [2.45, 2.75) is 44.6 Å². The van der Waals surface area contributed by atoms with E-state index in [9.17, 15) is 22.8 Å². The molecule has 10 heteroatoms. The first-order valence-electron chi connectivity index (χ1n) is 8.25. The van der Waals surface area contributed by atoms with Gasteiger partial charge in [0.05, 0.1) is 11.4 Å². The molecule has 2 amide bonds. The summed E-state index contributed by atoms with van der Waals surface area (Å²) in [6, 6.07) is 1.11. The van der Waals surface area contributed by atoms with Gasteiger partial charge in [-0.3, -0.25) is 19.3 Å². The fraction of sp³-hybridized carbons (Fsp3) is 0.600. The minimum Gasteiger partial charge on any atom is -0.282 e. The normalized spacial score (nSPS) is 21.3. The summed E-state index contributed by atoms with van der Waals surface area (Å²) in [6.45, 7) is -0.127. The number of hydrogen-bond donors (Lipinski definition) is 2. The number of imide groups is 1. The maximum absolute atomic E-state index is 12.3. The monoisotopic (exact) mass is 368 g/mol. The molecule has 9 nitrogen and oxygen atoms in total. The highest BCUT2D eigenvalue weighted by atomic mass is 32.2. The van der Waals surface area contributed by atoms with Crippen molar-refractivity contribution in [3.63, 3.8) is 0 Å². The third-order valence-corrected chi connectivity index (χ3v) is 5.90. The van der Waals surface area contributed by atoms with E-state index in [1.54, 1.807) is 0 Å². The molecule has 2 heterocycles. The van der Waals surface area contributed by atoms with Crippen LogP contribution >= 0.6 is 0 Å². The van der Waals surface area contributed by atoms with E-state index in [1.165, 1.54) is 6.07 Å². The number of amides is 2. The second-order valence-electron chi connectivity index (χ2n) is 6.37. The summed E-state index contributed by atoms with van der Waals surface area (Å²) in [4.78, 5) is 35.8. The highest BCUT2D eigenvalue weighted by molar-refractivity contribution is 7.89. The molecule has 2 N–H and O–H groups in total. The van der Waals surface area contributed by atoms with Gasteiger partial charge in [-0.25, -0.2) is 18.2 Å². The van der Waals surface area contributed by atoms with Crippen LogP contribution in [0.5, 0.6) is 0 Å². The minimum absolute atomic E-state index is 0.127. The number of aryl methyl sites for hydroxylation is 1. The predicted molar refractivity (Wildman–Crippen MR) is 88.2 cm³/mol. The van der Waals surface area contributed by atoms with Crippen molar-refractivity contribution in [3.05, 3.63) is 27.7 Å². The summed E-state index contributed by atoms with van der Waals surface area (Å²) >= 11 is 0. The number of aromatic nitrogens is 2. The molecule has 1 atom stereocenters. The third kappa shape index (κ3) is 4.31. The Morgan fingerprint density at radius 3 is 2.64 bits per heavy atom. The Labute approximate surface area is 144 Å². The molecule has 136 valence electrons. The van der Waals surface area contributed by atoms with E-state index in [4.69, 9.17) is 0 Å². The Morgan fingerprint density at radius 1 is 1.20 bits per heavy atom. The van der Waals surface area contributed by atoms with Gasteiger partial charge in [0.25, 0.3) is 5.56 Å². The standard InChI is InChI=1S/C15H20N4O5S/c20-13-9-10-8-11(4-5-12(10)16-17-13)18-25(23,24)7-6-19-14(21)2-1-3-15(19)22/h9,11,18H,1-8H2,(H,17,20). The van der Waals surface area contributed by atoms with Crippen LogP contribution in [0.15, 0.2) is 10.9 Å². The Bertz CT molecular complexity index is 832. The van der Waals surface area contributed by atoms with Gasteiger partial charge in [-0.15, -0.1) is 0 Å². The van der Waals surface area contributed by atoms with Crippen LogP contribution in [0.25, 0.3) is 0 Å². The zero-order valence-corrected chi connectivity index (χ0v) is 14.5. The van der Waals surface area contributed by atoms with E-state index in [-0.39, 0.29) is 48.6 Å². The van der Waals surface area contributed by atoms with Crippen LogP contribution in [-0.2, 0) is 32.5 Å². The fourth-order valence-electron chi connectivity index (χ4n) is 3.21. The Kier molecular flexibility index (Phi) is 5.00. The lowest BCUT2D eigenvalue weighted by Crippen LogP contribution is -2.46. The van der Waals surface area contributed by atoms with Crippen LogP contribution in [0, 0.1) is 0 Å². The molecule has 0 bridgehead atoms. The number of H-pyrrole nitrogens is 1. The summed E-state index contributed by atoms with van der Waals surface area (Å²) in [5, 5.41) is 6.34. The van der Waals surface area contributed by atoms with Gasteiger partial charge < -0.3 is 0 Å². The van der Waals surface area contributed by atoms with E-state index in [0.717, 1.165) is 16.2 Å². The second kappa shape index (κ2) is 7.04. The number of rotatable bonds is 5. The van der Waals surface area contributed by atoms with E-state index in [1.807, 2.05) is 0 Å². The van der Waals surface area contributed by atoms with Crippen molar-refractivity contribution < 1.29 is 18.0 Å². The van der Waals surface area contributed by atoms with Crippen molar-refractivity contribution in [3.8, 4) is 0 Å². The average molecular weight is 368 g/mol. The molecule has 1 aliphatic carbocycles. The molecule has 25 heavy (non-hydrogen) atoms. The number of nitrogens with one attached hydrogen (secondary N) is 2. The largest absolute Gasteiger partial charge is 0.282 e. The SMILES string of the molecule is O=C1CCCC(=O)N1CCS(=O)(=O)NC1CCc2n[nH]c(=O)cc2C1. The number of carbonyl (C=O) groups excluding carboxylic acids is 2. The first-order valence-corrected chi connectivity index (χ1v) is 9.90. The zero-order chi connectivity index (χ0) is 18.0. The fourth-order valence-corrected chi connectivity index (χ4v) is 4.46. The number of piperidine rings is 1. The summed E-state index contributed by atoms with van der Waals surface area (Å²) < 4.78 is 27.2. The molecule has 0 saturated carbocycles. The van der Waals surface area contributed by atoms with Crippen LogP contribution in [0.1, 0.15) is 36.9 Å². The van der Waals surface area contributed by atoms with Crippen molar-refractivity contribution in [1.82, 2.24) is 19.8 Å². The summed E-state index contributed by atoms with van der Waals surface area (Å²) in [6.07, 6.45) is 2.62. The second-order valence-corrected chi connectivity index (χ2v) is 8.25. The lowest BCUT2D eigenvalue weighted by molar-refractivity contribution is -0.147. The molecule has 1 fully saturated rings. The van der Waals surface area contributed by atoms with Crippen molar-refractivity contribution in [2.75, 3.05) is 12.3 Å². The lowest BCUT2D eigenvalue weighted by atomic mass is 9.93. The molecule has 1 aliphatic heterocycles. The maximum Gasteiger partial charge on any atom is 0.264 e. The smallest absolute Gasteiger partial charge is 0.264 e. The number of nitrogens with zero attached hydrogens (tertiary/aromatic N) is 2. The van der Waals surface area contributed by atoms with Crippen LogP contribution in [0.2, 0.25) is 0 Å². The molecule has 1 saturated heterocycles. The molecule has 2 aliphatic rings. The lowest BCUT2D eigenvalue weighted by Gasteiger charge is -2.26. The number of sulfonamides is 1. The number of likely N-dealkylation sites (tertiary alicyclic amines) is 1. The van der Waals surface area contributed by atoms with Crippen LogP contribution in [0.3, 0.4) is 0 Å². The van der Waals surface area contributed by atoms with E-state index < -0.39 is 10.0 Å². The molecule has 3 rings (SSSR count). The van der Waals surface area contributed by atoms with Gasteiger partial charge >= 0.3 is 0 Å². The van der Waals surface area contributed by atoms with Gasteiger partial charge in [0.2, 0.25) is 21.8 Å². The number of carbonyl (C=O) groups is 2. The number of hydrogen-bond acceptors (Lipinski definition) is 6. The predicted octanol–water partition coefficient (Wildman–Crippen LogP) is -0.914. The molecule has 0 radical (unpaired) electrons. The topological polar surface area (TPSA) is 129 Å². The molecular formula is C15H20N4O5S. The highest BCUT2D eigenvalue weighted by Gasteiger charge is 2.29. The van der Waals surface area contributed by atoms with Gasteiger partial charge in [0.15, 0.2) is 0 Å². The molecule has 0 aromatic carbocycles. The summed E-state index contributed by atoms with van der Waals surface area (Å²) in [7, 11) is -3.64. The van der Waals surface area contributed by atoms with Crippen LogP contribution in [0.4, 0.5) is 0 Å². The Morgan fingerprint density at radius 2 is 1.92 bits per heavy atom. The number of aromatic amines is 1. The quantitative estimate of drug-likeness (QED) is 0.647. The van der Waals surface area contributed by atoms with E-state index >= 15 is 0 Å². The van der Waals surface area contributed by atoms with Crippen molar-refractivity contribution in [1.29, 1.82) is 0 Å². The highest BCUT2D eigenvalue weighted by Crippen LogP contribution is 2.18. The van der Waals surface area contributed by atoms with Crippen LogP contribution in [-0.4, -0.2) is 53.7 Å². The Balaban J connectivity index is 1.59. The van der Waals surface area contributed by atoms with Crippen molar-refractivity contribution in [2.24, 2.45) is 0 Å². The van der Waals surface area contributed by atoms with E-state index in [0.29, 0.717) is 25.7 Å². The van der Waals surface area contributed by atoms with Gasteiger partial charge in [0.1, 0.15) is 0 Å². The molecule has 1 aromatic heterocycles. The van der Waals surface area contributed by atoms with Crippen LogP contribution < -0.4 is 10.3 Å².